The molecule has 0 heterocycles. The van der Waals surface area contributed by atoms with Gasteiger partial charge in [0.25, 0.3) is 0 Å². The third-order valence-electron chi connectivity index (χ3n) is 4.86. The summed E-state index contributed by atoms with van der Waals surface area (Å²) >= 11 is 3.43. The van der Waals surface area contributed by atoms with Crippen LogP contribution in [0.1, 0.15) is 22.3 Å². The Morgan fingerprint density at radius 2 is 1.55 bits per heavy atom. The van der Waals surface area contributed by atoms with E-state index in [1.165, 1.54) is 0 Å². The number of fused-ring (bicyclic) bond motifs is 1. The van der Waals surface area contributed by atoms with E-state index in [4.69, 9.17) is 0 Å². The van der Waals surface area contributed by atoms with E-state index in [0.717, 1.165) is 26.5 Å². The van der Waals surface area contributed by atoms with Crippen molar-refractivity contribution in [2.45, 2.75) is 12.8 Å². The van der Waals surface area contributed by atoms with Crippen LogP contribution in [0.3, 0.4) is 0 Å². The molecule has 0 aromatic heterocycles. The van der Waals surface area contributed by atoms with E-state index >= 15 is 0 Å². The van der Waals surface area contributed by atoms with Crippen molar-refractivity contribution < 1.29 is 10.2 Å². The molecule has 0 aliphatic heterocycles. The average molecular weight is 443 g/mol. The molecule has 29 heavy (non-hydrogen) atoms. The molecule has 0 spiro atoms. The molecule has 2 N–H and O–H groups in total. The second kappa shape index (κ2) is 8.43. The summed E-state index contributed by atoms with van der Waals surface area (Å²) in [6, 6.07) is 25.3. The minimum absolute atomic E-state index is 0.105. The third-order valence-corrected chi connectivity index (χ3v) is 5.39. The molecule has 0 amide bonds. The summed E-state index contributed by atoms with van der Waals surface area (Å²) in [5.74, 6) is 6.58. The normalized spacial score (nSPS) is 10.5. The van der Waals surface area contributed by atoms with Crippen molar-refractivity contribution in [2.24, 2.45) is 0 Å². The molecule has 0 unspecified atom stereocenters. The van der Waals surface area contributed by atoms with Crippen LogP contribution >= 0.6 is 15.9 Å². The lowest BCUT2D eigenvalue weighted by atomic mass is 9.97. The number of hydrogen-bond acceptors (Lipinski definition) is 2. The highest BCUT2D eigenvalue weighted by atomic mass is 79.9. The van der Waals surface area contributed by atoms with Crippen LogP contribution in [0.5, 0.6) is 11.5 Å². The van der Waals surface area contributed by atoms with Crippen molar-refractivity contribution in [3.05, 3.63) is 106 Å². The molecule has 2 nitrogen and oxygen atoms in total. The van der Waals surface area contributed by atoms with Crippen molar-refractivity contribution >= 4 is 26.7 Å². The van der Waals surface area contributed by atoms with Crippen LogP contribution in [0.2, 0.25) is 0 Å². The average Bonchev–Trinajstić information content (AvgIpc) is 2.74. The van der Waals surface area contributed by atoms with E-state index in [9.17, 15) is 10.2 Å². The Balaban J connectivity index is 1.64. The number of rotatable bonds is 3. The molecule has 142 valence electrons. The summed E-state index contributed by atoms with van der Waals surface area (Å²) in [5, 5.41) is 22.7. The monoisotopic (exact) mass is 442 g/mol. The highest BCUT2D eigenvalue weighted by Crippen LogP contribution is 2.37. The van der Waals surface area contributed by atoms with Gasteiger partial charge >= 0.3 is 0 Å². The van der Waals surface area contributed by atoms with Crippen molar-refractivity contribution in [3.63, 3.8) is 0 Å². The number of hydrogen-bond donors (Lipinski definition) is 2. The zero-order valence-electron chi connectivity index (χ0n) is 15.7. The molecule has 0 atom stereocenters. The third kappa shape index (κ3) is 4.45. The molecule has 0 aliphatic carbocycles. The molecule has 0 aliphatic rings. The molecule has 0 saturated heterocycles. The Kier molecular flexibility index (Phi) is 5.55. The van der Waals surface area contributed by atoms with Gasteiger partial charge in [-0.1, -0.05) is 76.3 Å². The molecular formula is C26H19BrO2. The minimum atomic E-state index is 0.105. The first kappa shape index (κ1) is 19.1. The van der Waals surface area contributed by atoms with Crippen LogP contribution in [0.4, 0.5) is 0 Å². The minimum Gasteiger partial charge on any atom is -0.507 e. The Hall–Kier alpha value is -3.22. The first-order chi connectivity index (χ1) is 14.1. The molecule has 0 radical (unpaired) electrons. The Morgan fingerprint density at radius 1 is 0.793 bits per heavy atom. The summed E-state index contributed by atoms with van der Waals surface area (Å²) < 4.78 is 1.05. The van der Waals surface area contributed by atoms with Crippen LogP contribution in [-0.2, 0) is 12.8 Å². The molecule has 4 aromatic carbocycles. The van der Waals surface area contributed by atoms with Gasteiger partial charge in [0, 0.05) is 33.8 Å². The van der Waals surface area contributed by atoms with Crippen LogP contribution in [-0.4, -0.2) is 10.2 Å². The van der Waals surface area contributed by atoms with E-state index in [1.807, 2.05) is 72.8 Å². The van der Waals surface area contributed by atoms with Crippen molar-refractivity contribution in [1.82, 2.24) is 0 Å². The van der Waals surface area contributed by atoms with E-state index in [1.54, 1.807) is 6.07 Å². The highest BCUT2D eigenvalue weighted by Gasteiger charge is 2.13. The van der Waals surface area contributed by atoms with Gasteiger partial charge in [-0.15, -0.1) is 0 Å². The fourth-order valence-corrected chi connectivity index (χ4v) is 3.57. The first-order valence-electron chi connectivity index (χ1n) is 9.35. The molecule has 0 bridgehead atoms. The van der Waals surface area contributed by atoms with Gasteiger partial charge in [0.15, 0.2) is 0 Å². The standard InChI is InChI=1S/C26H19BrO2/c27-22-13-10-18(11-14-22)7-4-8-20-9-12-21-17-25(28)24(26(29)23(21)15-20)16-19-5-2-1-3-6-19/h1-3,5-6,9-15,17,28-29H,7,16H2. The van der Waals surface area contributed by atoms with Gasteiger partial charge in [0.2, 0.25) is 0 Å². The zero-order chi connectivity index (χ0) is 20.2. The SMILES string of the molecule is Oc1cc2ccc(C#CCc3ccc(Br)cc3)cc2c(O)c1Cc1ccccc1. The van der Waals surface area contributed by atoms with Gasteiger partial charge in [-0.05, 0) is 46.8 Å². The number of phenolic OH excluding ortho intramolecular Hbond substituents is 2. The van der Waals surface area contributed by atoms with Gasteiger partial charge in [-0.3, -0.25) is 0 Å². The smallest absolute Gasteiger partial charge is 0.130 e. The topological polar surface area (TPSA) is 40.5 Å². The van der Waals surface area contributed by atoms with Gasteiger partial charge in [0.1, 0.15) is 11.5 Å². The van der Waals surface area contributed by atoms with Crippen LogP contribution in [0.15, 0.2) is 83.3 Å². The number of aromatic hydroxyl groups is 2. The van der Waals surface area contributed by atoms with Crippen LogP contribution in [0.25, 0.3) is 10.8 Å². The van der Waals surface area contributed by atoms with Gasteiger partial charge < -0.3 is 10.2 Å². The lowest BCUT2D eigenvalue weighted by Gasteiger charge is -2.11. The fraction of sp³-hybridized carbons (Fsp3) is 0.0769. The summed E-state index contributed by atoms with van der Waals surface area (Å²) in [5.41, 5.74) is 3.55. The number of phenols is 2. The molecular weight excluding hydrogens is 424 g/mol. The zero-order valence-corrected chi connectivity index (χ0v) is 17.3. The Bertz CT molecular complexity index is 1220. The summed E-state index contributed by atoms with van der Waals surface area (Å²) in [4.78, 5) is 0. The van der Waals surface area contributed by atoms with Crippen LogP contribution in [0, 0.1) is 11.8 Å². The summed E-state index contributed by atoms with van der Waals surface area (Å²) in [6.07, 6.45) is 1.13. The molecule has 4 rings (SSSR count). The maximum Gasteiger partial charge on any atom is 0.130 e. The Morgan fingerprint density at radius 3 is 2.31 bits per heavy atom. The largest absolute Gasteiger partial charge is 0.507 e. The van der Waals surface area contributed by atoms with E-state index < -0.39 is 0 Å². The van der Waals surface area contributed by atoms with E-state index in [2.05, 4.69) is 27.8 Å². The van der Waals surface area contributed by atoms with E-state index in [0.29, 0.717) is 23.8 Å². The van der Waals surface area contributed by atoms with Crippen molar-refractivity contribution in [1.29, 1.82) is 0 Å². The molecule has 3 heteroatoms. The predicted molar refractivity (Wildman–Crippen MR) is 121 cm³/mol. The molecule has 0 saturated carbocycles. The molecule has 0 fully saturated rings. The summed E-state index contributed by atoms with van der Waals surface area (Å²) in [6.45, 7) is 0. The number of benzene rings is 4. The predicted octanol–water partition coefficient (Wildman–Crippen LogP) is 6.20. The van der Waals surface area contributed by atoms with Crippen molar-refractivity contribution in [2.75, 3.05) is 0 Å². The quantitative estimate of drug-likeness (QED) is 0.370. The molecule has 4 aromatic rings. The Labute approximate surface area is 178 Å². The van der Waals surface area contributed by atoms with E-state index in [-0.39, 0.29) is 11.5 Å². The maximum absolute atomic E-state index is 10.8. The van der Waals surface area contributed by atoms with Gasteiger partial charge in [-0.25, -0.2) is 0 Å². The van der Waals surface area contributed by atoms with Crippen LogP contribution < -0.4 is 0 Å². The fourth-order valence-electron chi connectivity index (χ4n) is 3.31. The van der Waals surface area contributed by atoms with Gasteiger partial charge in [0.05, 0.1) is 0 Å². The lowest BCUT2D eigenvalue weighted by Crippen LogP contribution is -1.91. The van der Waals surface area contributed by atoms with Crippen molar-refractivity contribution in [3.8, 4) is 23.3 Å². The second-order valence-electron chi connectivity index (χ2n) is 6.93. The maximum atomic E-state index is 10.8. The summed E-state index contributed by atoms with van der Waals surface area (Å²) in [7, 11) is 0. The number of halogens is 1. The first-order valence-corrected chi connectivity index (χ1v) is 10.1. The van der Waals surface area contributed by atoms with Gasteiger partial charge in [-0.2, -0.15) is 0 Å². The highest BCUT2D eigenvalue weighted by molar-refractivity contribution is 9.10. The lowest BCUT2D eigenvalue weighted by molar-refractivity contribution is 0.445. The second-order valence-corrected chi connectivity index (χ2v) is 7.84.